The van der Waals surface area contributed by atoms with Crippen LogP contribution in [0.5, 0.6) is 11.5 Å². The summed E-state index contributed by atoms with van der Waals surface area (Å²) in [5, 5.41) is 8.43. The standard InChI is InChI=1S/C18H24O9/c1-11(8-17(20)26-12(2)27-18(21)22)7-16(19)25-10-13-5-6-14(23-3)9-15(13)24-4/h5-6,9,11-12H,7-8,10H2,1-4H3,(H,21,22). The first kappa shape index (κ1) is 22.1. The zero-order chi connectivity index (χ0) is 20.4. The molecule has 2 unspecified atom stereocenters. The van der Waals surface area contributed by atoms with Crippen molar-refractivity contribution in [3.63, 3.8) is 0 Å². The molecule has 0 spiro atoms. The molecule has 0 aromatic heterocycles. The topological polar surface area (TPSA) is 118 Å². The maximum atomic E-state index is 12.0. The lowest BCUT2D eigenvalue weighted by molar-refractivity contribution is -0.168. The van der Waals surface area contributed by atoms with Crippen LogP contribution in [-0.2, 0) is 30.4 Å². The molecule has 0 amide bonds. The average Bonchev–Trinajstić information content (AvgIpc) is 2.58. The van der Waals surface area contributed by atoms with Crippen molar-refractivity contribution < 1.29 is 43.2 Å². The molecule has 9 nitrogen and oxygen atoms in total. The van der Waals surface area contributed by atoms with Crippen LogP contribution in [0.1, 0.15) is 32.3 Å². The largest absolute Gasteiger partial charge is 0.508 e. The van der Waals surface area contributed by atoms with Gasteiger partial charge in [0.2, 0.25) is 6.29 Å². The maximum absolute atomic E-state index is 12.0. The lowest BCUT2D eigenvalue weighted by Crippen LogP contribution is -2.22. The van der Waals surface area contributed by atoms with Crippen LogP contribution in [0.25, 0.3) is 0 Å². The Kier molecular flexibility index (Phi) is 8.91. The predicted octanol–water partition coefficient (Wildman–Crippen LogP) is 2.75. The second-order valence-corrected chi connectivity index (χ2v) is 5.79. The minimum atomic E-state index is -1.54. The van der Waals surface area contributed by atoms with Crippen molar-refractivity contribution in [1.29, 1.82) is 0 Å². The highest BCUT2D eigenvalue weighted by Crippen LogP contribution is 2.25. The summed E-state index contributed by atoms with van der Waals surface area (Å²) in [5.41, 5.74) is 0.679. The first-order valence-electron chi connectivity index (χ1n) is 8.20. The number of ether oxygens (including phenoxy) is 5. The van der Waals surface area contributed by atoms with E-state index in [1.165, 1.54) is 21.1 Å². The van der Waals surface area contributed by atoms with Gasteiger partial charge in [-0.1, -0.05) is 6.92 Å². The van der Waals surface area contributed by atoms with E-state index < -0.39 is 24.4 Å². The lowest BCUT2D eigenvalue weighted by Gasteiger charge is -2.15. The van der Waals surface area contributed by atoms with Gasteiger partial charge in [0.25, 0.3) is 0 Å². The van der Waals surface area contributed by atoms with Crippen LogP contribution in [-0.4, -0.2) is 43.7 Å². The van der Waals surface area contributed by atoms with Gasteiger partial charge in [0, 0.05) is 31.4 Å². The molecular weight excluding hydrogens is 360 g/mol. The Morgan fingerprint density at radius 3 is 2.26 bits per heavy atom. The zero-order valence-corrected chi connectivity index (χ0v) is 15.7. The zero-order valence-electron chi connectivity index (χ0n) is 15.7. The van der Waals surface area contributed by atoms with Crippen LogP contribution in [0.15, 0.2) is 18.2 Å². The normalized spacial score (nSPS) is 12.4. The van der Waals surface area contributed by atoms with E-state index in [1.807, 2.05) is 0 Å². The Morgan fingerprint density at radius 2 is 1.67 bits per heavy atom. The Bertz CT molecular complexity index is 656. The first-order chi connectivity index (χ1) is 12.7. The summed E-state index contributed by atoms with van der Waals surface area (Å²) in [5.74, 6) is -0.343. The number of esters is 2. The smallest absolute Gasteiger partial charge is 0.497 e. The molecule has 0 fully saturated rings. The summed E-state index contributed by atoms with van der Waals surface area (Å²) in [6, 6.07) is 5.14. The summed E-state index contributed by atoms with van der Waals surface area (Å²) in [6.07, 6.45) is -2.83. The minimum Gasteiger partial charge on any atom is -0.497 e. The summed E-state index contributed by atoms with van der Waals surface area (Å²) < 4.78 is 24.6. The summed E-state index contributed by atoms with van der Waals surface area (Å²) in [6.45, 7) is 2.99. The van der Waals surface area contributed by atoms with Gasteiger partial charge in [-0.15, -0.1) is 0 Å². The van der Waals surface area contributed by atoms with E-state index in [2.05, 4.69) is 4.74 Å². The fraction of sp³-hybridized carbons (Fsp3) is 0.500. The second kappa shape index (κ2) is 10.9. The molecule has 9 heteroatoms. The number of rotatable bonds is 10. The number of hydrogen-bond acceptors (Lipinski definition) is 8. The summed E-state index contributed by atoms with van der Waals surface area (Å²) in [4.78, 5) is 34.0. The Morgan fingerprint density at radius 1 is 1.00 bits per heavy atom. The molecule has 1 N–H and O–H groups in total. The van der Waals surface area contributed by atoms with Crippen molar-refractivity contribution in [2.75, 3.05) is 14.2 Å². The molecule has 0 aliphatic rings. The molecule has 0 saturated heterocycles. The minimum absolute atomic E-state index is 0.00173. The summed E-state index contributed by atoms with van der Waals surface area (Å²) in [7, 11) is 3.04. The number of benzene rings is 1. The molecule has 150 valence electrons. The molecule has 0 aliphatic carbocycles. The van der Waals surface area contributed by atoms with Crippen LogP contribution in [0.3, 0.4) is 0 Å². The Labute approximate surface area is 157 Å². The number of hydrogen-bond donors (Lipinski definition) is 1. The van der Waals surface area contributed by atoms with E-state index in [4.69, 9.17) is 24.1 Å². The van der Waals surface area contributed by atoms with E-state index in [0.717, 1.165) is 0 Å². The third-order valence-corrected chi connectivity index (χ3v) is 3.48. The number of carbonyl (C=O) groups is 3. The Balaban J connectivity index is 2.43. The molecule has 0 radical (unpaired) electrons. The van der Waals surface area contributed by atoms with Crippen molar-refractivity contribution in [3.8, 4) is 11.5 Å². The highest BCUT2D eigenvalue weighted by Gasteiger charge is 2.19. The van der Waals surface area contributed by atoms with Crippen LogP contribution in [0, 0.1) is 5.92 Å². The highest BCUT2D eigenvalue weighted by molar-refractivity contribution is 5.73. The van der Waals surface area contributed by atoms with Crippen molar-refractivity contribution in [1.82, 2.24) is 0 Å². The fourth-order valence-electron chi connectivity index (χ4n) is 2.23. The van der Waals surface area contributed by atoms with Crippen molar-refractivity contribution >= 4 is 18.1 Å². The second-order valence-electron chi connectivity index (χ2n) is 5.79. The van der Waals surface area contributed by atoms with Gasteiger partial charge in [-0.2, -0.15) is 0 Å². The number of methoxy groups -OCH3 is 2. The average molecular weight is 384 g/mol. The third kappa shape index (κ3) is 8.30. The van der Waals surface area contributed by atoms with Gasteiger partial charge in [-0.25, -0.2) is 4.79 Å². The molecule has 1 aromatic carbocycles. The third-order valence-electron chi connectivity index (χ3n) is 3.48. The van der Waals surface area contributed by atoms with Gasteiger partial charge in [0.05, 0.1) is 14.2 Å². The predicted molar refractivity (Wildman–Crippen MR) is 92.4 cm³/mol. The van der Waals surface area contributed by atoms with Gasteiger partial charge in [-0.05, 0) is 18.1 Å². The first-order valence-corrected chi connectivity index (χ1v) is 8.20. The molecule has 0 saturated carbocycles. The SMILES string of the molecule is COc1ccc(COC(=O)CC(C)CC(=O)OC(C)OC(=O)O)c(OC)c1. The van der Waals surface area contributed by atoms with Gasteiger partial charge >= 0.3 is 18.1 Å². The van der Waals surface area contributed by atoms with E-state index in [0.29, 0.717) is 17.1 Å². The summed E-state index contributed by atoms with van der Waals surface area (Å²) >= 11 is 0. The van der Waals surface area contributed by atoms with Crippen LogP contribution >= 0.6 is 0 Å². The van der Waals surface area contributed by atoms with E-state index >= 15 is 0 Å². The molecular formula is C18H24O9. The lowest BCUT2D eigenvalue weighted by atomic mass is 10.0. The van der Waals surface area contributed by atoms with Crippen molar-refractivity contribution in [2.24, 2.45) is 5.92 Å². The number of carbonyl (C=O) groups excluding carboxylic acids is 2. The van der Waals surface area contributed by atoms with Gasteiger partial charge in [0.1, 0.15) is 18.1 Å². The molecule has 0 heterocycles. The Hall–Kier alpha value is -2.97. The molecule has 27 heavy (non-hydrogen) atoms. The highest BCUT2D eigenvalue weighted by atomic mass is 16.8. The van der Waals surface area contributed by atoms with E-state index in [-0.39, 0.29) is 25.4 Å². The van der Waals surface area contributed by atoms with Crippen LogP contribution in [0.4, 0.5) is 4.79 Å². The molecule has 1 rings (SSSR count). The van der Waals surface area contributed by atoms with Crippen molar-refractivity contribution in [2.45, 2.75) is 39.6 Å². The van der Waals surface area contributed by atoms with Gasteiger partial charge in [0.15, 0.2) is 0 Å². The molecule has 0 bridgehead atoms. The van der Waals surface area contributed by atoms with Crippen LogP contribution < -0.4 is 9.47 Å². The van der Waals surface area contributed by atoms with E-state index in [1.54, 1.807) is 25.1 Å². The monoisotopic (exact) mass is 384 g/mol. The molecule has 1 aromatic rings. The quantitative estimate of drug-likeness (QED) is 0.480. The molecule has 2 atom stereocenters. The van der Waals surface area contributed by atoms with Gasteiger partial charge < -0.3 is 28.8 Å². The fourth-order valence-corrected chi connectivity index (χ4v) is 2.23. The van der Waals surface area contributed by atoms with E-state index in [9.17, 15) is 14.4 Å². The van der Waals surface area contributed by atoms with Crippen molar-refractivity contribution in [3.05, 3.63) is 23.8 Å². The van der Waals surface area contributed by atoms with Crippen LogP contribution in [0.2, 0.25) is 0 Å². The molecule has 0 aliphatic heterocycles. The number of carboxylic acid groups (broad SMARTS) is 1. The maximum Gasteiger partial charge on any atom is 0.508 e. The van der Waals surface area contributed by atoms with Gasteiger partial charge in [-0.3, -0.25) is 9.59 Å².